The summed E-state index contributed by atoms with van der Waals surface area (Å²) in [5.41, 5.74) is 1.97. The van der Waals surface area contributed by atoms with Gasteiger partial charge in [0, 0.05) is 5.56 Å². The highest BCUT2D eigenvalue weighted by Crippen LogP contribution is 2.34. The molecule has 0 heterocycles. The van der Waals surface area contributed by atoms with Crippen molar-refractivity contribution in [3.05, 3.63) is 71.8 Å². The van der Waals surface area contributed by atoms with E-state index in [-0.39, 0.29) is 0 Å². The van der Waals surface area contributed by atoms with E-state index in [1.807, 2.05) is 42.5 Å². The van der Waals surface area contributed by atoms with Crippen LogP contribution >= 0.6 is 0 Å². The summed E-state index contributed by atoms with van der Waals surface area (Å²) in [6, 6.07) is 18.5. The van der Waals surface area contributed by atoms with Crippen molar-refractivity contribution in [2.24, 2.45) is 0 Å². The maximum Gasteiger partial charge on any atom is 0.338 e. The molecular formula is C20H16O4. The Bertz CT molecular complexity index is 888. The van der Waals surface area contributed by atoms with E-state index in [0.29, 0.717) is 16.7 Å². The average Bonchev–Trinajstić information content (AvgIpc) is 2.65. The summed E-state index contributed by atoms with van der Waals surface area (Å²) in [5.74, 6) is -0.993. The first-order valence-electron chi connectivity index (χ1n) is 7.45. The predicted molar refractivity (Wildman–Crippen MR) is 92.1 cm³/mol. The molecule has 0 aliphatic heterocycles. The van der Waals surface area contributed by atoms with Crippen LogP contribution in [0.3, 0.4) is 0 Å². The minimum absolute atomic E-state index is 0.330. The average molecular weight is 320 g/mol. The van der Waals surface area contributed by atoms with Gasteiger partial charge in [-0.05, 0) is 28.5 Å². The molecule has 0 saturated heterocycles. The molecule has 0 fully saturated rings. The first kappa shape index (κ1) is 15.7. The molecule has 0 N–H and O–H groups in total. The summed E-state index contributed by atoms with van der Waals surface area (Å²) in [5, 5.41) is 1.96. The smallest absolute Gasteiger partial charge is 0.338 e. The van der Waals surface area contributed by atoms with Crippen molar-refractivity contribution < 1.29 is 19.1 Å². The number of ether oxygens (including phenoxy) is 2. The maximum atomic E-state index is 12.2. The van der Waals surface area contributed by atoms with Crippen LogP contribution in [0, 0.1) is 0 Å². The molecule has 0 atom stereocenters. The summed E-state index contributed by atoms with van der Waals surface area (Å²) in [6.45, 7) is 0. The van der Waals surface area contributed by atoms with Gasteiger partial charge in [0.1, 0.15) is 0 Å². The minimum Gasteiger partial charge on any atom is -0.465 e. The Balaban J connectivity index is 2.40. The van der Waals surface area contributed by atoms with Gasteiger partial charge in [0.05, 0.1) is 25.3 Å². The third-order valence-corrected chi connectivity index (χ3v) is 3.93. The van der Waals surface area contributed by atoms with Crippen LogP contribution in [0.15, 0.2) is 60.7 Å². The second-order valence-electron chi connectivity index (χ2n) is 5.24. The minimum atomic E-state index is -0.497. The molecule has 0 unspecified atom stereocenters. The standard InChI is InChI=1S/C20H16O4/c1-23-19(21)16-11-6-12-17(20(22)24-2)18(16)15-10-5-8-13-7-3-4-9-14(13)15/h3-12H,1-2H3. The fourth-order valence-corrected chi connectivity index (χ4v) is 2.85. The number of hydrogen-bond donors (Lipinski definition) is 0. The number of hydrogen-bond acceptors (Lipinski definition) is 4. The molecule has 0 bridgehead atoms. The highest BCUT2D eigenvalue weighted by molar-refractivity contribution is 6.10. The summed E-state index contributed by atoms with van der Waals surface area (Å²) >= 11 is 0. The summed E-state index contributed by atoms with van der Waals surface area (Å²) < 4.78 is 9.78. The SMILES string of the molecule is COC(=O)c1cccc(C(=O)OC)c1-c1cccc2ccccc12. The number of esters is 2. The molecule has 0 amide bonds. The lowest BCUT2D eigenvalue weighted by molar-refractivity contribution is 0.0601. The molecule has 120 valence electrons. The monoisotopic (exact) mass is 320 g/mol. The van der Waals surface area contributed by atoms with E-state index in [2.05, 4.69) is 0 Å². The van der Waals surface area contributed by atoms with Crippen LogP contribution in [-0.4, -0.2) is 26.2 Å². The Morgan fingerprint density at radius 2 is 1.25 bits per heavy atom. The van der Waals surface area contributed by atoms with Gasteiger partial charge in [-0.1, -0.05) is 48.5 Å². The highest BCUT2D eigenvalue weighted by Gasteiger charge is 2.22. The van der Waals surface area contributed by atoms with Crippen LogP contribution < -0.4 is 0 Å². The number of carbonyl (C=O) groups is 2. The summed E-state index contributed by atoms with van der Waals surface area (Å²) in [6.07, 6.45) is 0. The highest BCUT2D eigenvalue weighted by atomic mass is 16.5. The zero-order valence-corrected chi connectivity index (χ0v) is 13.4. The van der Waals surface area contributed by atoms with Crippen LogP contribution in [0.25, 0.3) is 21.9 Å². The van der Waals surface area contributed by atoms with E-state index >= 15 is 0 Å². The molecule has 0 spiro atoms. The molecule has 3 aromatic carbocycles. The van der Waals surface area contributed by atoms with E-state index < -0.39 is 11.9 Å². The molecule has 4 heteroatoms. The van der Waals surface area contributed by atoms with Gasteiger partial charge in [0.15, 0.2) is 0 Å². The van der Waals surface area contributed by atoms with Crippen molar-refractivity contribution in [3.63, 3.8) is 0 Å². The third-order valence-electron chi connectivity index (χ3n) is 3.93. The zero-order chi connectivity index (χ0) is 17.1. The quantitative estimate of drug-likeness (QED) is 0.682. The van der Waals surface area contributed by atoms with E-state index in [4.69, 9.17) is 9.47 Å². The molecule has 0 radical (unpaired) electrons. The topological polar surface area (TPSA) is 52.6 Å². The fraction of sp³-hybridized carbons (Fsp3) is 0.100. The molecular weight excluding hydrogens is 304 g/mol. The van der Waals surface area contributed by atoms with Gasteiger partial charge in [0.2, 0.25) is 0 Å². The molecule has 4 nitrogen and oxygen atoms in total. The molecule has 24 heavy (non-hydrogen) atoms. The number of methoxy groups -OCH3 is 2. The molecule has 0 aromatic heterocycles. The molecule has 0 aliphatic carbocycles. The third kappa shape index (κ3) is 2.63. The largest absolute Gasteiger partial charge is 0.465 e. The van der Waals surface area contributed by atoms with Gasteiger partial charge < -0.3 is 9.47 Å². The zero-order valence-electron chi connectivity index (χ0n) is 13.4. The Morgan fingerprint density at radius 3 is 1.88 bits per heavy atom. The first-order chi connectivity index (χ1) is 11.7. The van der Waals surface area contributed by atoms with E-state index in [0.717, 1.165) is 16.3 Å². The Morgan fingerprint density at radius 1 is 0.708 bits per heavy atom. The van der Waals surface area contributed by atoms with Gasteiger partial charge in [-0.2, -0.15) is 0 Å². The molecule has 3 rings (SSSR count). The van der Waals surface area contributed by atoms with Gasteiger partial charge in [0.25, 0.3) is 0 Å². The van der Waals surface area contributed by atoms with Gasteiger partial charge in [-0.15, -0.1) is 0 Å². The van der Waals surface area contributed by atoms with Crippen LogP contribution in [0.5, 0.6) is 0 Å². The predicted octanol–water partition coefficient (Wildman–Crippen LogP) is 4.08. The van der Waals surface area contributed by atoms with Gasteiger partial charge in [-0.3, -0.25) is 0 Å². The van der Waals surface area contributed by atoms with E-state index in [1.165, 1.54) is 14.2 Å². The van der Waals surface area contributed by atoms with Gasteiger partial charge >= 0.3 is 11.9 Å². The Hall–Kier alpha value is -3.14. The van der Waals surface area contributed by atoms with Crippen LogP contribution in [-0.2, 0) is 9.47 Å². The van der Waals surface area contributed by atoms with Crippen molar-refractivity contribution in [1.82, 2.24) is 0 Å². The number of rotatable bonds is 3. The van der Waals surface area contributed by atoms with Crippen molar-refractivity contribution in [1.29, 1.82) is 0 Å². The van der Waals surface area contributed by atoms with Gasteiger partial charge in [-0.25, -0.2) is 9.59 Å². The second kappa shape index (κ2) is 6.54. The lowest BCUT2D eigenvalue weighted by atomic mass is 9.90. The second-order valence-corrected chi connectivity index (χ2v) is 5.24. The molecule has 0 aliphatic rings. The maximum absolute atomic E-state index is 12.2. The fourth-order valence-electron chi connectivity index (χ4n) is 2.85. The van der Waals surface area contributed by atoms with Crippen molar-refractivity contribution in [3.8, 4) is 11.1 Å². The number of benzene rings is 3. The number of carbonyl (C=O) groups excluding carboxylic acids is 2. The van der Waals surface area contributed by atoms with Crippen LogP contribution in [0.1, 0.15) is 20.7 Å². The van der Waals surface area contributed by atoms with E-state index in [1.54, 1.807) is 18.2 Å². The molecule has 0 saturated carbocycles. The molecule has 3 aromatic rings. The van der Waals surface area contributed by atoms with E-state index in [9.17, 15) is 9.59 Å². The normalized spacial score (nSPS) is 10.4. The number of fused-ring (bicyclic) bond motifs is 1. The van der Waals surface area contributed by atoms with Crippen molar-refractivity contribution >= 4 is 22.7 Å². The lowest BCUT2D eigenvalue weighted by Gasteiger charge is -2.14. The summed E-state index contributed by atoms with van der Waals surface area (Å²) in [4.78, 5) is 24.5. The Labute approximate surface area is 139 Å². The van der Waals surface area contributed by atoms with Crippen LogP contribution in [0.2, 0.25) is 0 Å². The summed E-state index contributed by atoms with van der Waals surface area (Å²) in [7, 11) is 2.64. The Kier molecular flexibility index (Phi) is 4.29. The van der Waals surface area contributed by atoms with Crippen molar-refractivity contribution in [2.75, 3.05) is 14.2 Å². The van der Waals surface area contributed by atoms with Crippen LogP contribution in [0.4, 0.5) is 0 Å². The lowest BCUT2D eigenvalue weighted by Crippen LogP contribution is -2.10. The van der Waals surface area contributed by atoms with Crippen molar-refractivity contribution in [2.45, 2.75) is 0 Å². The first-order valence-corrected chi connectivity index (χ1v) is 7.45.